The molecule has 11 unspecified atom stereocenters. The summed E-state index contributed by atoms with van der Waals surface area (Å²) in [5, 5.41) is 70.9. The SMILES string of the molecule is CCCCCCCCC(=O)OC(COC(=O)CCCCC)COC1OC(COC2OC(CO)C(O)C(O)C2O)C(O)C(O)C1O. The normalized spacial score (nSPS) is 32.6. The molecule has 2 rings (SSSR count). The fourth-order valence-electron chi connectivity index (χ4n) is 4.98. The minimum atomic E-state index is -1.75. The van der Waals surface area contributed by atoms with E-state index >= 15 is 0 Å². The van der Waals surface area contributed by atoms with Gasteiger partial charge in [-0.15, -0.1) is 0 Å². The number of carbonyl (C=O) groups is 2. The molecule has 0 amide bonds. The van der Waals surface area contributed by atoms with E-state index in [1.54, 1.807) is 0 Å². The van der Waals surface area contributed by atoms with Crippen LogP contribution in [-0.2, 0) is 38.0 Å². The number of ether oxygens (including phenoxy) is 6. The highest BCUT2D eigenvalue weighted by Gasteiger charge is 2.47. The molecule has 7 N–H and O–H groups in total. The second-order valence-electron chi connectivity index (χ2n) is 11.6. The summed E-state index contributed by atoms with van der Waals surface area (Å²) in [7, 11) is 0. The van der Waals surface area contributed by atoms with Crippen molar-refractivity contribution >= 4 is 11.9 Å². The summed E-state index contributed by atoms with van der Waals surface area (Å²) in [6.45, 7) is 2.24. The Balaban J connectivity index is 1.97. The van der Waals surface area contributed by atoms with E-state index in [0.717, 1.165) is 44.9 Å². The standard InChI is InChI=1S/C30H54O15/c1-3-5-7-8-9-11-13-22(33)43-18(15-40-21(32)12-10-6-4-2)16-41-29-28(39)26(37)24(35)20(45-29)17-42-30-27(38)25(36)23(34)19(14-31)44-30/h18-20,23-31,34-39H,3-17H2,1-2H3. The van der Waals surface area contributed by atoms with Crippen LogP contribution in [0.25, 0.3) is 0 Å². The van der Waals surface area contributed by atoms with Gasteiger partial charge in [0.05, 0.1) is 19.8 Å². The van der Waals surface area contributed by atoms with E-state index in [1.807, 2.05) is 6.92 Å². The summed E-state index contributed by atoms with van der Waals surface area (Å²) < 4.78 is 32.7. The van der Waals surface area contributed by atoms with Crippen molar-refractivity contribution in [1.82, 2.24) is 0 Å². The van der Waals surface area contributed by atoms with Crippen molar-refractivity contribution in [1.29, 1.82) is 0 Å². The number of hydrogen-bond acceptors (Lipinski definition) is 15. The average Bonchev–Trinajstić information content (AvgIpc) is 3.02. The maximum Gasteiger partial charge on any atom is 0.306 e. The Hall–Kier alpha value is -1.50. The summed E-state index contributed by atoms with van der Waals surface area (Å²) in [4.78, 5) is 24.7. The molecule has 2 aliphatic heterocycles. The van der Waals surface area contributed by atoms with Crippen LogP contribution in [0.5, 0.6) is 0 Å². The molecule has 2 aliphatic rings. The predicted molar refractivity (Wildman–Crippen MR) is 155 cm³/mol. The van der Waals surface area contributed by atoms with Crippen LogP contribution >= 0.6 is 0 Å². The quantitative estimate of drug-likeness (QED) is 0.0606. The Morgan fingerprint density at radius 2 is 1.13 bits per heavy atom. The minimum absolute atomic E-state index is 0.165. The van der Waals surface area contributed by atoms with Gasteiger partial charge in [-0.2, -0.15) is 0 Å². The Morgan fingerprint density at radius 3 is 1.78 bits per heavy atom. The number of esters is 2. The van der Waals surface area contributed by atoms with Gasteiger partial charge in [0.1, 0.15) is 55.4 Å². The first-order chi connectivity index (χ1) is 21.5. The number of unbranched alkanes of at least 4 members (excludes halogenated alkanes) is 7. The molecule has 0 aromatic carbocycles. The van der Waals surface area contributed by atoms with Crippen molar-refractivity contribution in [2.75, 3.05) is 26.4 Å². The van der Waals surface area contributed by atoms with Crippen molar-refractivity contribution in [3.05, 3.63) is 0 Å². The van der Waals surface area contributed by atoms with Gasteiger partial charge in [-0.1, -0.05) is 58.8 Å². The van der Waals surface area contributed by atoms with Crippen LogP contribution < -0.4 is 0 Å². The summed E-state index contributed by atoms with van der Waals surface area (Å²) in [6.07, 6.45) is -8.12. The lowest BCUT2D eigenvalue weighted by atomic mass is 9.98. The summed E-state index contributed by atoms with van der Waals surface area (Å²) in [5.41, 5.74) is 0. The van der Waals surface area contributed by atoms with Gasteiger partial charge in [-0.3, -0.25) is 9.59 Å². The van der Waals surface area contributed by atoms with Crippen LogP contribution in [0.4, 0.5) is 0 Å². The number of hydrogen-bond donors (Lipinski definition) is 7. The second kappa shape index (κ2) is 21.4. The van der Waals surface area contributed by atoms with Crippen molar-refractivity contribution in [2.24, 2.45) is 0 Å². The van der Waals surface area contributed by atoms with E-state index in [-0.39, 0.29) is 26.1 Å². The predicted octanol–water partition coefficient (Wildman–Crippen LogP) is -0.587. The first-order valence-electron chi connectivity index (χ1n) is 16.1. The Kier molecular flexibility index (Phi) is 18.9. The van der Waals surface area contributed by atoms with E-state index in [4.69, 9.17) is 28.4 Å². The number of rotatable bonds is 21. The van der Waals surface area contributed by atoms with Gasteiger partial charge in [-0.05, 0) is 12.8 Å². The molecule has 0 spiro atoms. The monoisotopic (exact) mass is 654 g/mol. The largest absolute Gasteiger partial charge is 0.462 e. The lowest BCUT2D eigenvalue weighted by Gasteiger charge is -2.42. The molecule has 2 saturated heterocycles. The lowest BCUT2D eigenvalue weighted by molar-refractivity contribution is -0.332. The first kappa shape index (κ1) is 39.7. The summed E-state index contributed by atoms with van der Waals surface area (Å²) in [6, 6.07) is 0. The zero-order valence-electron chi connectivity index (χ0n) is 26.4. The van der Waals surface area contributed by atoms with E-state index in [1.165, 1.54) is 0 Å². The van der Waals surface area contributed by atoms with Crippen LogP contribution in [0.15, 0.2) is 0 Å². The molecule has 45 heavy (non-hydrogen) atoms. The Morgan fingerprint density at radius 1 is 0.622 bits per heavy atom. The van der Waals surface area contributed by atoms with E-state index in [9.17, 15) is 45.3 Å². The third-order valence-corrected chi connectivity index (χ3v) is 7.84. The summed E-state index contributed by atoms with van der Waals surface area (Å²) >= 11 is 0. The molecule has 0 bridgehead atoms. The van der Waals surface area contributed by atoms with E-state index in [2.05, 4.69) is 6.92 Å². The molecule has 0 aliphatic carbocycles. The first-order valence-corrected chi connectivity index (χ1v) is 16.1. The Labute approximate surface area is 264 Å². The fourth-order valence-corrected chi connectivity index (χ4v) is 4.98. The summed E-state index contributed by atoms with van der Waals surface area (Å²) in [5.74, 6) is -0.967. The van der Waals surface area contributed by atoms with E-state index in [0.29, 0.717) is 12.8 Å². The van der Waals surface area contributed by atoms with Gasteiger partial charge < -0.3 is 64.2 Å². The topological polar surface area (TPSA) is 231 Å². The molecular weight excluding hydrogens is 600 g/mol. The van der Waals surface area contributed by atoms with Gasteiger partial charge in [-0.25, -0.2) is 0 Å². The van der Waals surface area contributed by atoms with Crippen molar-refractivity contribution in [3.63, 3.8) is 0 Å². The molecule has 0 aromatic heterocycles. The van der Waals surface area contributed by atoms with Crippen LogP contribution in [0.3, 0.4) is 0 Å². The molecule has 0 aromatic rings. The van der Waals surface area contributed by atoms with E-state index < -0.39 is 92.7 Å². The number of aliphatic hydroxyl groups is 7. The van der Waals surface area contributed by atoms with Gasteiger partial charge in [0.15, 0.2) is 18.7 Å². The zero-order valence-corrected chi connectivity index (χ0v) is 26.4. The van der Waals surface area contributed by atoms with Crippen LogP contribution in [0, 0.1) is 0 Å². The third-order valence-electron chi connectivity index (χ3n) is 7.84. The van der Waals surface area contributed by atoms with Gasteiger partial charge in [0.2, 0.25) is 0 Å². The molecule has 15 heteroatoms. The number of carbonyl (C=O) groups excluding carboxylic acids is 2. The highest BCUT2D eigenvalue weighted by molar-refractivity contribution is 5.70. The lowest BCUT2D eigenvalue weighted by Crippen LogP contribution is -2.61. The highest BCUT2D eigenvalue weighted by Crippen LogP contribution is 2.26. The minimum Gasteiger partial charge on any atom is -0.462 e. The fraction of sp³-hybridized carbons (Fsp3) is 0.933. The molecule has 0 saturated carbocycles. The molecule has 264 valence electrons. The molecular formula is C30H54O15. The van der Waals surface area contributed by atoms with Gasteiger partial charge >= 0.3 is 11.9 Å². The molecule has 15 nitrogen and oxygen atoms in total. The maximum atomic E-state index is 12.5. The van der Waals surface area contributed by atoms with Crippen LogP contribution in [0.1, 0.15) is 84.5 Å². The van der Waals surface area contributed by atoms with Gasteiger partial charge in [0.25, 0.3) is 0 Å². The second-order valence-corrected chi connectivity index (χ2v) is 11.6. The van der Waals surface area contributed by atoms with Crippen molar-refractivity contribution in [3.8, 4) is 0 Å². The third kappa shape index (κ3) is 13.3. The molecule has 2 heterocycles. The molecule has 2 fully saturated rings. The molecule has 11 atom stereocenters. The average molecular weight is 655 g/mol. The highest BCUT2D eigenvalue weighted by atomic mass is 16.7. The van der Waals surface area contributed by atoms with Gasteiger partial charge in [0, 0.05) is 12.8 Å². The van der Waals surface area contributed by atoms with Crippen molar-refractivity contribution < 1.29 is 73.8 Å². The molecule has 0 radical (unpaired) electrons. The zero-order chi connectivity index (χ0) is 33.4. The van der Waals surface area contributed by atoms with Crippen molar-refractivity contribution in [2.45, 2.75) is 152 Å². The number of aliphatic hydroxyl groups excluding tert-OH is 7. The Bertz CT molecular complexity index is 829. The van der Waals surface area contributed by atoms with Crippen LogP contribution in [-0.4, -0.2) is 142 Å². The maximum absolute atomic E-state index is 12.5. The smallest absolute Gasteiger partial charge is 0.306 e. The van der Waals surface area contributed by atoms with Crippen LogP contribution in [0.2, 0.25) is 0 Å².